The number of methoxy groups -OCH3 is 2. The average molecular weight is 228 g/mol. The second-order valence-electron chi connectivity index (χ2n) is 2.46. The number of hydrogen-bond donors (Lipinski definition) is 1. The van der Waals surface area contributed by atoms with Crippen molar-refractivity contribution in [1.29, 1.82) is 0 Å². The van der Waals surface area contributed by atoms with Crippen LogP contribution in [0.1, 0.15) is 0 Å². The van der Waals surface area contributed by atoms with E-state index in [0.717, 1.165) is 0 Å². The number of nitrogens with two attached hydrogens (primary N) is 1. The van der Waals surface area contributed by atoms with E-state index in [9.17, 15) is 0 Å². The Morgan fingerprint density at radius 2 is 1.85 bits per heavy atom. The molecule has 1 rings (SSSR count). The third-order valence-corrected chi connectivity index (χ3v) is 1.81. The summed E-state index contributed by atoms with van der Waals surface area (Å²) in [5, 5.41) is 0. The second-order valence-corrected chi connectivity index (χ2v) is 2.46. The summed E-state index contributed by atoms with van der Waals surface area (Å²) in [6.07, 6.45) is 7.18. The molecular formula is C8H15Cl2NO2. The molecule has 2 unspecified atom stereocenters. The highest BCUT2D eigenvalue weighted by Gasteiger charge is 2.31. The Bertz CT molecular complexity index is 197. The summed E-state index contributed by atoms with van der Waals surface area (Å²) < 4.78 is 10.2. The van der Waals surface area contributed by atoms with E-state index >= 15 is 0 Å². The zero-order chi connectivity index (χ0) is 8.32. The average Bonchev–Trinajstić information content (AvgIpc) is 2.05. The monoisotopic (exact) mass is 227 g/mol. The van der Waals surface area contributed by atoms with Crippen molar-refractivity contribution in [1.82, 2.24) is 0 Å². The molecule has 78 valence electrons. The van der Waals surface area contributed by atoms with Gasteiger partial charge in [0.15, 0.2) is 5.72 Å². The van der Waals surface area contributed by atoms with Crippen LogP contribution < -0.4 is 5.73 Å². The molecule has 2 atom stereocenters. The van der Waals surface area contributed by atoms with Crippen LogP contribution in [0.5, 0.6) is 0 Å². The van der Waals surface area contributed by atoms with Crippen LogP contribution in [0.15, 0.2) is 24.3 Å². The van der Waals surface area contributed by atoms with Gasteiger partial charge in [-0.3, -0.25) is 5.73 Å². The lowest BCUT2D eigenvalue weighted by atomic mass is 10.0. The molecule has 1 aliphatic carbocycles. The maximum atomic E-state index is 5.83. The second kappa shape index (κ2) is 6.40. The molecule has 0 saturated heterocycles. The van der Waals surface area contributed by atoms with E-state index in [0.29, 0.717) is 0 Å². The molecule has 0 aromatic rings. The van der Waals surface area contributed by atoms with Gasteiger partial charge in [-0.25, -0.2) is 0 Å². The first-order valence-electron chi connectivity index (χ1n) is 3.46. The summed E-state index contributed by atoms with van der Waals surface area (Å²) in [5.74, 6) is 0. The predicted octanol–water partition coefficient (Wildman–Crippen LogP) is 1.27. The molecular weight excluding hydrogens is 213 g/mol. The van der Waals surface area contributed by atoms with E-state index in [1.54, 1.807) is 20.3 Å². The van der Waals surface area contributed by atoms with Crippen LogP contribution in [0, 0.1) is 0 Å². The van der Waals surface area contributed by atoms with Crippen LogP contribution in [-0.4, -0.2) is 26.0 Å². The van der Waals surface area contributed by atoms with Crippen LogP contribution in [0.25, 0.3) is 0 Å². The van der Waals surface area contributed by atoms with Gasteiger partial charge >= 0.3 is 0 Å². The van der Waals surface area contributed by atoms with Gasteiger partial charge in [0.25, 0.3) is 0 Å². The maximum Gasteiger partial charge on any atom is 0.165 e. The SMILES string of the molecule is COC1C=CC=CC1(N)OC.Cl.Cl. The van der Waals surface area contributed by atoms with Gasteiger partial charge in [0, 0.05) is 14.2 Å². The zero-order valence-corrected chi connectivity index (χ0v) is 9.23. The van der Waals surface area contributed by atoms with E-state index in [-0.39, 0.29) is 30.9 Å². The number of ether oxygens (including phenoxy) is 2. The lowest BCUT2D eigenvalue weighted by Gasteiger charge is -2.31. The Morgan fingerprint density at radius 1 is 1.23 bits per heavy atom. The van der Waals surface area contributed by atoms with Crippen LogP contribution in [0.3, 0.4) is 0 Å². The summed E-state index contributed by atoms with van der Waals surface area (Å²) in [5.41, 5.74) is 5.03. The highest BCUT2D eigenvalue weighted by molar-refractivity contribution is 5.85. The lowest BCUT2D eigenvalue weighted by Crippen LogP contribution is -2.51. The summed E-state index contributed by atoms with van der Waals surface area (Å²) >= 11 is 0. The van der Waals surface area contributed by atoms with Crippen molar-refractivity contribution >= 4 is 24.8 Å². The minimum Gasteiger partial charge on any atom is -0.373 e. The van der Waals surface area contributed by atoms with Gasteiger partial charge in [-0.1, -0.05) is 18.2 Å². The highest BCUT2D eigenvalue weighted by Crippen LogP contribution is 2.18. The zero-order valence-electron chi connectivity index (χ0n) is 7.60. The minimum absolute atomic E-state index is 0. The molecule has 3 nitrogen and oxygen atoms in total. The Labute approximate surface area is 90.8 Å². The Hall–Kier alpha value is -0.0600. The fourth-order valence-corrected chi connectivity index (χ4v) is 1.06. The fourth-order valence-electron chi connectivity index (χ4n) is 1.06. The topological polar surface area (TPSA) is 44.5 Å². The summed E-state index contributed by atoms with van der Waals surface area (Å²) in [6.45, 7) is 0. The molecule has 0 fully saturated rings. The largest absolute Gasteiger partial charge is 0.373 e. The van der Waals surface area contributed by atoms with E-state index in [4.69, 9.17) is 15.2 Å². The standard InChI is InChI=1S/C8H13NO2.2ClH/c1-10-7-5-3-4-6-8(7,9)11-2;;/h3-7H,9H2,1-2H3;2*1H. The van der Waals surface area contributed by atoms with Gasteiger partial charge < -0.3 is 9.47 Å². The van der Waals surface area contributed by atoms with Gasteiger partial charge in [0.1, 0.15) is 6.10 Å². The number of rotatable bonds is 2. The Morgan fingerprint density at radius 3 is 2.23 bits per heavy atom. The van der Waals surface area contributed by atoms with Crippen molar-refractivity contribution in [3.8, 4) is 0 Å². The molecule has 1 aliphatic rings. The normalized spacial score (nSPS) is 30.5. The molecule has 0 spiro atoms. The van der Waals surface area contributed by atoms with Gasteiger partial charge in [0.2, 0.25) is 0 Å². The van der Waals surface area contributed by atoms with Crippen molar-refractivity contribution in [2.75, 3.05) is 14.2 Å². The molecule has 0 amide bonds. The third-order valence-electron chi connectivity index (χ3n) is 1.81. The van der Waals surface area contributed by atoms with Gasteiger partial charge in [-0.2, -0.15) is 0 Å². The first-order chi connectivity index (χ1) is 5.23. The molecule has 0 aromatic heterocycles. The Balaban J connectivity index is 0. The fraction of sp³-hybridized carbons (Fsp3) is 0.500. The van der Waals surface area contributed by atoms with Gasteiger partial charge in [0.05, 0.1) is 0 Å². The number of allylic oxidation sites excluding steroid dienone is 2. The van der Waals surface area contributed by atoms with Crippen LogP contribution in [0.2, 0.25) is 0 Å². The van der Waals surface area contributed by atoms with E-state index in [2.05, 4.69) is 0 Å². The summed E-state index contributed by atoms with van der Waals surface area (Å²) in [7, 11) is 3.17. The molecule has 2 N–H and O–H groups in total. The van der Waals surface area contributed by atoms with E-state index < -0.39 is 5.72 Å². The molecule has 0 aromatic carbocycles. The molecule has 0 radical (unpaired) electrons. The van der Waals surface area contributed by atoms with Crippen molar-refractivity contribution in [3.05, 3.63) is 24.3 Å². The third kappa shape index (κ3) is 3.29. The van der Waals surface area contributed by atoms with Gasteiger partial charge in [-0.15, -0.1) is 24.8 Å². The molecule has 13 heavy (non-hydrogen) atoms. The Kier molecular flexibility index (Phi) is 7.59. The molecule has 0 saturated carbocycles. The highest BCUT2D eigenvalue weighted by atomic mass is 35.5. The van der Waals surface area contributed by atoms with Crippen molar-refractivity contribution in [2.24, 2.45) is 5.73 Å². The van der Waals surface area contributed by atoms with Crippen molar-refractivity contribution < 1.29 is 9.47 Å². The van der Waals surface area contributed by atoms with Crippen LogP contribution >= 0.6 is 24.8 Å². The smallest absolute Gasteiger partial charge is 0.165 e. The van der Waals surface area contributed by atoms with E-state index in [1.165, 1.54) is 0 Å². The van der Waals surface area contributed by atoms with Crippen molar-refractivity contribution in [3.63, 3.8) is 0 Å². The molecule has 0 aliphatic heterocycles. The summed E-state index contributed by atoms with van der Waals surface area (Å²) in [4.78, 5) is 0. The quantitative estimate of drug-likeness (QED) is 0.724. The molecule has 5 heteroatoms. The number of halogens is 2. The van der Waals surface area contributed by atoms with E-state index in [1.807, 2.05) is 18.2 Å². The first kappa shape index (κ1) is 15.4. The van der Waals surface area contributed by atoms with Gasteiger partial charge in [-0.05, 0) is 6.08 Å². The van der Waals surface area contributed by atoms with Crippen LogP contribution in [-0.2, 0) is 9.47 Å². The molecule has 0 bridgehead atoms. The predicted molar refractivity (Wildman–Crippen MR) is 57.5 cm³/mol. The minimum atomic E-state index is -0.802. The molecule has 0 heterocycles. The maximum absolute atomic E-state index is 5.83. The van der Waals surface area contributed by atoms with Crippen LogP contribution in [0.4, 0.5) is 0 Å². The van der Waals surface area contributed by atoms with Crippen molar-refractivity contribution in [2.45, 2.75) is 11.8 Å². The first-order valence-corrected chi connectivity index (χ1v) is 3.46. The summed E-state index contributed by atoms with van der Waals surface area (Å²) in [6, 6.07) is 0. The number of hydrogen-bond acceptors (Lipinski definition) is 3. The lowest BCUT2D eigenvalue weighted by molar-refractivity contribution is -0.0623.